The Kier molecular flexibility index (Phi) is 12.7. The van der Waals surface area contributed by atoms with E-state index in [-0.39, 0.29) is 5.95 Å². The lowest BCUT2D eigenvalue weighted by atomic mass is 10.0. The number of nitrogen functional groups attached to an aromatic ring is 1. The quantitative estimate of drug-likeness (QED) is 0.342. The number of nitrogens with two attached hydrogens (primary N) is 1. The van der Waals surface area contributed by atoms with Crippen LogP contribution in [0.2, 0.25) is 0 Å². The summed E-state index contributed by atoms with van der Waals surface area (Å²) in [6.07, 6.45) is 20.5. The van der Waals surface area contributed by atoms with Crippen LogP contribution in [0.25, 0.3) is 0 Å². The van der Waals surface area contributed by atoms with Crippen LogP contribution in [0.3, 0.4) is 0 Å². The minimum Gasteiger partial charge on any atom is -0.423 e. The summed E-state index contributed by atoms with van der Waals surface area (Å²) < 4.78 is 0.837. The fourth-order valence-corrected chi connectivity index (χ4v) is 3.04. The Balaban J connectivity index is 1.88. The van der Waals surface area contributed by atoms with E-state index in [0.29, 0.717) is 5.49 Å². The molecular formula is C20H38N4O. The zero-order valence-corrected chi connectivity index (χ0v) is 16.1. The molecule has 5 heteroatoms. The van der Waals surface area contributed by atoms with Crippen LogP contribution in [0.1, 0.15) is 96.8 Å². The van der Waals surface area contributed by atoms with Crippen molar-refractivity contribution in [2.24, 2.45) is 4.99 Å². The molecule has 0 atom stereocenters. The Labute approximate surface area is 153 Å². The minimum absolute atomic E-state index is 0.0715. The van der Waals surface area contributed by atoms with Crippen LogP contribution in [0.15, 0.2) is 17.3 Å². The van der Waals surface area contributed by atoms with Crippen molar-refractivity contribution in [2.45, 2.75) is 96.8 Å². The summed E-state index contributed by atoms with van der Waals surface area (Å²) in [7, 11) is 0. The van der Waals surface area contributed by atoms with E-state index >= 15 is 0 Å². The second-order valence-corrected chi connectivity index (χ2v) is 6.95. The first kappa shape index (κ1) is 21.5. The summed E-state index contributed by atoms with van der Waals surface area (Å²) in [5.41, 5.74) is 5.99. The molecule has 1 heterocycles. The smallest absolute Gasteiger partial charge is 0.236 e. The Morgan fingerprint density at radius 3 is 1.88 bits per heavy atom. The predicted molar refractivity (Wildman–Crippen MR) is 105 cm³/mol. The lowest BCUT2D eigenvalue weighted by Crippen LogP contribution is -2.22. The van der Waals surface area contributed by atoms with Crippen LogP contribution < -0.4 is 11.2 Å². The number of rotatable bonds is 15. The maximum atomic E-state index is 9.65. The molecular weight excluding hydrogens is 312 g/mol. The van der Waals surface area contributed by atoms with E-state index in [1.807, 2.05) is 0 Å². The van der Waals surface area contributed by atoms with Gasteiger partial charge in [-0.1, -0.05) is 90.4 Å². The van der Waals surface area contributed by atoms with Crippen molar-refractivity contribution in [3.8, 4) is 0 Å². The molecule has 1 aromatic rings. The second-order valence-electron chi connectivity index (χ2n) is 6.95. The fraction of sp³-hybridized carbons (Fsp3) is 0.800. The van der Waals surface area contributed by atoms with Gasteiger partial charge in [0.2, 0.25) is 5.95 Å². The molecule has 0 bridgehead atoms. The number of aromatic nitrogens is 2. The van der Waals surface area contributed by atoms with Crippen molar-refractivity contribution in [3.63, 3.8) is 0 Å². The number of anilines is 1. The highest BCUT2D eigenvalue weighted by molar-refractivity contribution is 5.13. The van der Waals surface area contributed by atoms with Crippen molar-refractivity contribution in [2.75, 3.05) is 12.3 Å². The molecule has 0 spiro atoms. The largest absolute Gasteiger partial charge is 0.423 e. The van der Waals surface area contributed by atoms with E-state index in [1.165, 1.54) is 83.5 Å². The zero-order valence-electron chi connectivity index (χ0n) is 16.1. The van der Waals surface area contributed by atoms with Gasteiger partial charge in [0.05, 0.1) is 0 Å². The monoisotopic (exact) mass is 350 g/mol. The van der Waals surface area contributed by atoms with E-state index in [1.54, 1.807) is 12.3 Å². The Morgan fingerprint density at radius 1 is 0.880 bits per heavy atom. The second kappa shape index (κ2) is 14.8. The topological polar surface area (TPSA) is 76.4 Å². The van der Waals surface area contributed by atoms with Gasteiger partial charge in [-0.15, -0.1) is 4.73 Å². The molecule has 0 aliphatic carbocycles. The predicted octanol–water partition coefficient (Wildman–Crippen LogP) is 5.08. The van der Waals surface area contributed by atoms with Crippen LogP contribution in [0, 0.1) is 0 Å². The van der Waals surface area contributed by atoms with Crippen molar-refractivity contribution < 1.29 is 5.21 Å². The Morgan fingerprint density at radius 2 is 1.36 bits per heavy atom. The van der Waals surface area contributed by atoms with E-state index in [4.69, 9.17) is 5.73 Å². The molecule has 0 saturated heterocycles. The number of hydrogen-bond acceptors (Lipinski definition) is 4. The molecule has 1 rings (SSSR count). The Hall–Kier alpha value is -1.52. The SMILES string of the molecule is CCCCCCCCCCCCCCCCN=c1ccnc(N)n1O. The first-order valence-corrected chi connectivity index (χ1v) is 10.3. The van der Waals surface area contributed by atoms with Gasteiger partial charge in [-0.2, -0.15) is 0 Å². The molecule has 0 aliphatic rings. The highest BCUT2D eigenvalue weighted by Crippen LogP contribution is 2.12. The molecule has 144 valence electrons. The molecule has 3 N–H and O–H groups in total. The molecule has 1 aromatic heterocycles. The molecule has 0 fully saturated rings. The van der Waals surface area contributed by atoms with Crippen LogP contribution in [0.5, 0.6) is 0 Å². The highest BCUT2D eigenvalue weighted by Gasteiger charge is 1.96. The third-order valence-electron chi connectivity index (χ3n) is 4.65. The van der Waals surface area contributed by atoms with Gasteiger partial charge < -0.3 is 10.9 Å². The standard InChI is InChI=1S/C20H38N4O/c1-2-3-4-5-6-7-8-9-10-11-12-13-14-15-17-22-19-16-18-23-20(21)24(19)25/h16,18,25H,2-15,17H2,1H3,(H2,21,23). The maximum Gasteiger partial charge on any atom is 0.236 e. The molecule has 0 aromatic carbocycles. The Bertz CT molecular complexity index is 499. The molecule has 25 heavy (non-hydrogen) atoms. The first-order chi connectivity index (χ1) is 12.3. The molecule has 0 aliphatic heterocycles. The van der Waals surface area contributed by atoms with Gasteiger partial charge >= 0.3 is 0 Å². The van der Waals surface area contributed by atoms with Gasteiger partial charge in [-0.05, 0) is 6.42 Å². The number of nitrogens with zero attached hydrogens (tertiary/aromatic N) is 3. The van der Waals surface area contributed by atoms with Crippen LogP contribution >= 0.6 is 0 Å². The molecule has 0 unspecified atom stereocenters. The molecule has 0 radical (unpaired) electrons. The minimum atomic E-state index is 0.0715. The normalized spacial score (nSPS) is 12.0. The van der Waals surface area contributed by atoms with Crippen LogP contribution in [-0.4, -0.2) is 21.5 Å². The van der Waals surface area contributed by atoms with Crippen LogP contribution in [0.4, 0.5) is 5.95 Å². The van der Waals surface area contributed by atoms with E-state index in [0.717, 1.165) is 17.7 Å². The highest BCUT2D eigenvalue weighted by atomic mass is 16.5. The van der Waals surface area contributed by atoms with E-state index < -0.39 is 0 Å². The average molecular weight is 351 g/mol. The summed E-state index contributed by atoms with van der Waals surface area (Å²) in [6.45, 7) is 3.00. The average Bonchev–Trinajstić information content (AvgIpc) is 2.61. The fourth-order valence-electron chi connectivity index (χ4n) is 3.04. The number of hydrogen-bond donors (Lipinski definition) is 2. The molecule has 0 saturated carbocycles. The summed E-state index contributed by atoms with van der Waals surface area (Å²) in [4.78, 5) is 8.15. The van der Waals surface area contributed by atoms with Gasteiger partial charge in [0.15, 0.2) is 5.49 Å². The summed E-state index contributed by atoms with van der Waals surface area (Å²) >= 11 is 0. The van der Waals surface area contributed by atoms with Gasteiger partial charge in [0, 0.05) is 18.8 Å². The number of unbranched alkanes of at least 4 members (excludes halogenated alkanes) is 13. The lowest BCUT2D eigenvalue weighted by Gasteiger charge is -2.03. The third-order valence-corrected chi connectivity index (χ3v) is 4.65. The summed E-state index contributed by atoms with van der Waals surface area (Å²) in [6, 6.07) is 1.67. The van der Waals surface area contributed by atoms with E-state index in [9.17, 15) is 5.21 Å². The molecule has 0 amide bonds. The van der Waals surface area contributed by atoms with Gasteiger partial charge in [-0.3, -0.25) is 4.99 Å². The zero-order chi connectivity index (χ0) is 18.2. The van der Waals surface area contributed by atoms with Crippen LogP contribution in [-0.2, 0) is 0 Å². The maximum absolute atomic E-state index is 9.65. The third kappa shape index (κ3) is 10.8. The van der Waals surface area contributed by atoms with Gasteiger partial charge in [-0.25, -0.2) is 4.98 Å². The van der Waals surface area contributed by atoms with Crippen molar-refractivity contribution in [3.05, 3.63) is 17.8 Å². The van der Waals surface area contributed by atoms with E-state index in [2.05, 4.69) is 16.9 Å². The van der Waals surface area contributed by atoms with Crippen molar-refractivity contribution >= 4 is 5.95 Å². The van der Waals surface area contributed by atoms with Crippen molar-refractivity contribution in [1.29, 1.82) is 0 Å². The summed E-state index contributed by atoms with van der Waals surface area (Å²) in [5.74, 6) is 0.0715. The first-order valence-electron chi connectivity index (χ1n) is 10.3. The van der Waals surface area contributed by atoms with Gasteiger partial charge in [0.1, 0.15) is 0 Å². The van der Waals surface area contributed by atoms with Gasteiger partial charge in [0.25, 0.3) is 0 Å². The lowest BCUT2D eigenvalue weighted by molar-refractivity contribution is 0.175. The van der Waals surface area contributed by atoms with Crippen molar-refractivity contribution in [1.82, 2.24) is 9.71 Å². The summed E-state index contributed by atoms with van der Waals surface area (Å²) in [5, 5.41) is 9.65. The molecule has 5 nitrogen and oxygen atoms in total.